The van der Waals surface area contributed by atoms with Crippen molar-refractivity contribution in [2.24, 2.45) is 5.73 Å². The molecule has 1 heterocycles. The lowest BCUT2D eigenvalue weighted by molar-refractivity contribution is -0.122. The van der Waals surface area contributed by atoms with Gasteiger partial charge in [0.05, 0.1) is 12.2 Å². The Hall–Kier alpha value is -1.55. The summed E-state index contributed by atoms with van der Waals surface area (Å²) >= 11 is 0. The average molecular weight is 208 g/mol. The maximum atomic E-state index is 11.7. The van der Waals surface area contributed by atoms with E-state index in [1.807, 2.05) is 0 Å². The summed E-state index contributed by atoms with van der Waals surface area (Å²) in [6.07, 6.45) is 3.77. The standard InChI is InChI=1S/C11H16N2O2/c1-2-7-13-11(14)9(5-6-12)10-4-3-8-15-10/h2-4,8-9H,1,5-7,12H2,(H,13,14). The molecule has 1 rings (SSSR count). The van der Waals surface area contributed by atoms with Crippen molar-refractivity contribution in [3.05, 3.63) is 36.8 Å². The summed E-state index contributed by atoms with van der Waals surface area (Å²) in [6, 6.07) is 3.55. The highest BCUT2D eigenvalue weighted by Gasteiger charge is 2.21. The third kappa shape index (κ3) is 3.25. The highest BCUT2D eigenvalue weighted by atomic mass is 16.3. The van der Waals surface area contributed by atoms with Crippen LogP contribution in [0.4, 0.5) is 0 Å². The van der Waals surface area contributed by atoms with Crippen LogP contribution in [0.1, 0.15) is 18.1 Å². The number of carbonyl (C=O) groups excluding carboxylic acids is 1. The van der Waals surface area contributed by atoms with Crippen molar-refractivity contribution in [3.63, 3.8) is 0 Å². The SMILES string of the molecule is C=CCNC(=O)C(CCN)c1ccco1. The van der Waals surface area contributed by atoms with E-state index in [2.05, 4.69) is 11.9 Å². The van der Waals surface area contributed by atoms with Crippen LogP contribution in [0.2, 0.25) is 0 Å². The molecule has 0 aliphatic heterocycles. The maximum Gasteiger partial charge on any atom is 0.231 e. The van der Waals surface area contributed by atoms with Gasteiger partial charge >= 0.3 is 0 Å². The fraction of sp³-hybridized carbons (Fsp3) is 0.364. The second kappa shape index (κ2) is 6.03. The van der Waals surface area contributed by atoms with Crippen molar-refractivity contribution in [3.8, 4) is 0 Å². The molecule has 82 valence electrons. The van der Waals surface area contributed by atoms with E-state index in [1.54, 1.807) is 24.5 Å². The minimum absolute atomic E-state index is 0.0738. The Balaban J connectivity index is 2.65. The van der Waals surface area contributed by atoms with Gasteiger partial charge in [-0.2, -0.15) is 0 Å². The molecule has 0 saturated heterocycles. The number of nitrogens with one attached hydrogen (secondary N) is 1. The van der Waals surface area contributed by atoms with Crippen LogP contribution in [0.3, 0.4) is 0 Å². The lowest BCUT2D eigenvalue weighted by Gasteiger charge is -2.12. The highest BCUT2D eigenvalue weighted by Crippen LogP contribution is 2.19. The maximum absolute atomic E-state index is 11.7. The highest BCUT2D eigenvalue weighted by molar-refractivity contribution is 5.83. The van der Waals surface area contributed by atoms with Crippen molar-refractivity contribution < 1.29 is 9.21 Å². The molecule has 1 atom stereocenters. The summed E-state index contributed by atoms with van der Waals surface area (Å²) in [5.41, 5.74) is 5.46. The fourth-order valence-electron chi connectivity index (χ4n) is 1.35. The second-order valence-electron chi connectivity index (χ2n) is 3.18. The van der Waals surface area contributed by atoms with Gasteiger partial charge in [-0.1, -0.05) is 6.08 Å². The first-order valence-electron chi connectivity index (χ1n) is 4.91. The van der Waals surface area contributed by atoms with Crippen molar-refractivity contribution >= 4 is 5.91 Å². The number of nitrogens with two attached hydrogens (primary N) is 1. The molecule has 1 unspecified atom stereocenters. The zero-order chi connectivity index (χ0) is 11.1. The first kappa shape index (κ1) is 11.5. The molecule has 1 aromatic rings. The van der Waals surface area contributed by atoms with E-state index in [4.69, 9.17) is 10.2 Å². The van der Waals surface area contributed by atoms with Crippen LogP contribution in [0.5, 0.6) is 0 Å². The van der Waals surface area contributed by atoms with Gasteiger partial charge in [-0.05, 0) is 25.1 Å². The molecule has 0 radical (unpaired) electrons. The van der Waals surface area contributed by atoms with Crippen LogP contribution < -0.4 is 11.1 Å². The zero-order valence-corrected chi connectivity index (χ0v) is 8.61. The Morgan fingerprint density at radius 1 is 1.73 bits per heavy atom. The monoisotopic (exact) mass is 208 g/mol. The lowest BCUT2D eigenvalue weighted by atomic mass is 10.0. The first-order valence-corrected chi connectivity index (χ1v) is 4.91. The Bertz CT molecular complexity index is 306. The quantitative estimate of drug-likeness (QED) is 0.686. The van der Waals surface area contributed by atoms with Gasteiger partial charge in [-0.15, -0.1) is 6.58 Å². The van der Waals surface area contributed by atoms with E-state index >= 15 is 0 Å². The van der Waals surface area contributed by atoms with Crippen molar-refractivity contribution in [1.82, 2.24) is 5.32 Å². The van der Waals surface area contributed by atoms with E-state index in [0.717, 1.165) is 0 Å². The molecule has 1 aromatic heterocycles. The Morgan fingerprint density at radius 3 is 3.07 bits per heavy atom. The van der Waals surface area contributed by atoms with Gasteiger partial charge in [0, 0.05) is 6.54 Å². The van der Waals surface area contributed by atoms with Crippen LogP contribution in [-0.4, -0.2) is 19.0 Å². The van der Waals surface area contributed by atoms with Crippen LogP contribution in [0.15, 0.2) is 35.5 Å². The summed E-state index contributed by atoms with van der Waals surface area (Å²) in [4.78, 5) is 11.7. The number of hydrogen-bond donors (Lipinski definition) is 2. The first-order chi connectivity index (χ1) is 7.29. The smallest absolute Gasteiger partial charge is 0.231 e. The molecular formula is C11H16N2O2. The van der Waals surface area contributed by atoms with E-state index < -0.39 is 0 Å². The molecule has 0 aliphatic carbocycles. The molecule has 15 heavy (non-hydrogen) atoms. The molecule has 0 saturated carbocycles. The van der Waals surface area contributed by atoms with Gasteiger partial charge in [-0.3, -0.25) is 4.79 Å². The summed E-state index contributed by atoms with van der Waals surface area (Å²) in [5.74, 6) is 0.280. The molecule has 4 nitrogen and oxygen atoms in total. The van der Waals surface area contributed by atoms with Crippen LogP contribution in [0.25, 0.3) is 0 Å². The number of carbonyl (C=O) groups is 1. The van der Waals surface area contributed by atoms with E-state index in [1.165, 1.54) is 0 Å². The second-order valence-corrected chi connectivity index (χ2v) is 3.18. The van der Waals surface area contributed by atoms with Gasteiger partial charge in [0.2, 0.25) is 5.91 Å². The predicted molar refractivity (Wildman–Crippen MR) is 58.3 cm³/mol. The van der Waals surface area contributed by atoms with Crippen molar-refractivity contribution in [2.45, 2.75) is 12.3 Å². The Morgan fingerprint density at radius 2 is 2.53 bits per heavy atom. The molecule has 0 aliphatic rings. The average Bonchev–Trinajstić information content (AvgIpc) is 2.75. The van der Waals surface area contributed by atoms with Gasteiger partial charge in [0.1, 0.15) is 5.76 Å². The molecule has 3 N–H and O–H groups in total. The summed E-state index contributed by atoms with van der Waals surface area (Å²) in [6.45, 7) is 4.45. The van der Waals surface area contributed by atoms with E-state index in [-0.39, 0.29) is 11.8 Å². The predicted octanol–water partition coefficient (Wildman–Crippen LogP) is 1.01. The molecule has 0 spiro atoms. The summed E-state index contributed by atoms with van der Waals surface area (Å²) < 4.78 is 5.21. The topological polar surface area (TPSA) is 68.3 Å². The third-order valence-corrected chi connectivity index (χ3v) is 2.08. The number of rotatable bonds is 6. The van der Waals surface area contributed by atoms with Crippen LogP contribution >= 0.6 is 0 Å². The molecule has 1 amide bonds. The van der Waals surface area contributed by atoms with Crippen molar-refractivity contribution in [1.29, 1.82) is 0 Å². The van der Waals surface area contributed by atoms with E-state index in [9.17, 15) is 4.79 Å². The van der Waals surface area contributed by atoms with E-state index in [0.29, 0.717) is 25.3 Å². The van der Waals surface area contributed by atoms with Crippen LogP contribution in [-0.2, 0) is 4.79 Å². The van der Waals surface area contributed by atoms with Crippen molar-refractivity contribution in [2.75, 3.05) is 13.1 Å². The lowest BCUT2D eigenvalue weighted by Crippen LogP contribution is -2.30. The number of hydrogen-bond acceptors (Lipinski definition) is 3. The van der Waals surface area contributed by atoms with Gasteiger partial charge in [0.25, 0.3) is 0 Å². The number of furan rings is 1. The summed E-state index contributed by atoms with van der Waals surface area (Å²) in [5, 5.41) is 2.73. The molecule has 4 heteroatoms. The van der Waals surface area contributed by atoms with Crippen LogP contribution in [0, 0.1) is 0 Å². The van der Waals surface area contributed by atoms with Gasteiger partial charge in [0.15, 0.2) is 0 Å². The largest absolute Gasteiger partial charge is 0.469 e. The van der Waals surface area contributed by atoms with Gasteiger partial charge < -0.3 is 15.5 Å². The minimum Gasteiger partial charge on any atom is -0.469 e. The molecule has 0 fully saturated rings. The molecule has 0 aromatic carbocycles. The molecular weight excluding hydrogens is 192 g/mol. The number of amides is 1. The molecule has 0 bridgehead atoms. The minimum atomic E-state index is -0.301. The third-order valence-electron chi connectivity index (χ3n) is 2.08. The Kier molecular flexibility index (Phi) is 4.63. The normalized spacial score (nSPS) is 12.1. The van der Waals surface area contributed by atoms with Gasteiger partial charge in [-0.25, -0.2) is 0 Å². The Labute approximate surface area is 89.1 Å². The summed E-state index contributed by atoms with van der Waals surface area (Å²) in [7, 11) is 0. The zero-order valence-electron chi connectivity index (χ0n) is 8.61. The fourth-order valence-corrected chi connectivity index (χ4v) is 1.35.